The molecule has 0 aliphatic carbocycles. The van der Waals surface area contributed by atoms with Crippen LogP contribution >= 0.6 is 0 Å². The normalized spacial score (nSPS) is 13.3. The van der Waals surface area contributed by atoms with Crippen molar-refractivity contribution in [3.8, 4) is 33.6 Å². The fraction of sp³-hybridized carbons (Fsp3) is 0.195. The Morgan fingerprint density at radius 3 is 1.24 bits per heavy atom. The van der Waals surface area contributed by atoms with Crippen molar-refractivity contribution in [2.45, 2.75) is 105 Å². The zero-order valence-corrected chi connectivity index (χ0v) is 51.9. The van der Waals surface area contributed by atoms with Crippen molar-refractivity contribution in [2.24, 2.45) is 0 Å². The van der Waals surface area contributed by atoms with Gasteiger partial charge >= 0.3 is 0 Å². The highest BCUT2D eigenvalue weighted by atomic mass is 15.2. The minimum atomic E-state index is -0.153. The Balaban J connectivity index is 1.18. The van der Waals surface area contributed by atoms with Crippen LogP contribution in [0.25, 0.3) is 98.8 Å². The average molecular weight is 1110 g/mol. The lowest BCUT2D eigenvalue weighted by molar-refractivity contribution is 0.590. The smallest absolute Gasteiger partial charge is 0.252 e. The van der Waals surface area contributed by atoms with Gasteiger partial charge in [-0.2, -0.15) is 0 Å². The topological polar surface area (TPSA) is 13.1 Å². The Kier molecular flexibility index (Phi) is 12.0. The van der Waals surface area contributed by atoms with Gasteiger partial charge in [0, 0.05) is 55.4 Å². The van der Waals surface area contributed by atoms with Crippen molar-refractivity contribution < 1.29 is 0 Å². The van der Waals surface area contributed by atoms with E-state index in [-0.39, 0.29) is 28.4 Å². The molecule has 86 heavy (non-hydrogen) atoms. The molecule has 0 saturated heterocycles. The van der Waals surface area contributed by atoms with Gasteiger partial charge in [0.05, 0.1) is 27.8 Å². The monoisotopic (exact) mass is 1110 g/mol. The number of fused-ring (bicyclic) bond motifs is 15. The maximum atomic E-state index is 2.71. The number of anilines is 3. The van der Waals surface area contributed by atoms with Crippen LogP contribution < -0.4 is 21.3 Å². The molecule has 15 rings (SSSR count). The molecule has 2 aliphatic heterocycles. The summed E-state index contributed by atoms with van der Waals surface area (Å²) in [5, 5.41) is 9.84. The van der Waals surface area contributed by atoms with Gasteiger partial charge in [-0.25, -0.2) is 0 Å². The van der Waals surface area contributed by atoms with E-state index in [2.05, 4.69) is 328 Å². The van der Waals surface area contributed by atoms with E-state index >= 15 is 0 Å². The maximum absolute atomic E-state index is 2.71. The standard InChI is InChI=1S/C82H74BN3/c1-79(2,3)53-35-39-63-64-40-36-54(80(4,5)6)48-73(64)84(72(63)47-53)57-38-43-69-75(50-57)86(77-66(51-25-15-13-16-26-51)45-56(82(10,11)12)46-67(77)52-27-17-14-18-28-52)71-44-41-65-61-32-22-20-30-59(61)58-29-19-21-31-60(58)62-33-23-24-34-70(62)85-74-49-55(81(7,8)9)37-42-68(74)83(69)76(71)78(65)85/h13-50H,1-12H3. The minimum absolute atomic E-state index is 0.0573. The van der Waals surface area contributed by atoms with Crippen LogP contribution in [0, 0.1) is 0 Å². The van der Waals surface area contributed by atoms with E-state index in [1.165, 1.54) is 143 Å². The number of hydrogen-bond acceptors (Lipinski definition) is 1. The van der Waals surface area contributed by atoms with Gasteiger partial charge in [0.25, 0.3) is 6.71 Å². The molecule has 11 aromatic carbocycles. The highest BCUT2D eigenvalue weighted by Crippen LogP contribution is 2.52. The van der Waals surface area contributed by atoms with Crippen LogP contribution in [0.1, 0.15) is 105 Å². The number of para-hydroxylation sites is 1. The third kappa shape index (κ3) is 8.38. The molecule has 0 spiro atoms. The number of benzene rings is 11. The molecule has 0 N–H and O–H groups in total. The Morgan fingerprint density at radius 1 is 0.291 bits per heavy atom. The molecule has 4 heteroatoms. The SMILES string of the molecule is CC(C)(C)c1cc(-c2ccccc2)c(N2c3cc(-n4c5cc(C(C)(C)C)ccc5c5ccc(C(C)(C)C)cc54)ccc3B3c4ccc(C(C)(C)C)cc4-n4c5ccccc5c5ccccc5c5ccccc5c5ccc2c3c54)c(-c2ccccc2)c1. The molecule has 0 saturated carbocycles. The second-order valence-electron chi connectivity index (χ2n) is 28.6. The fourth-order valence-corrected chi connectivity index (χ4v) is 14.3. The second-order valence-corrected chi connectivity index (χ2v) is 28.6. The van der Waals surface area contributed by atoms with Gasteiger partial charge in [-0.15, -0.1) is 0 Å². The molecule has 0 amide bonds. The zero-order chi connectivity index (χ0) is 59.3. The Labute approximate surface area is 507 Å². The summed E-state index contributed by atoms with van der Waals surface area (Å²) in [6.45, 7) is 28.0. The van der Waals surface area contributed by atoms with Gasteiger partial charge in [-0.3, -0.25) is 0 Å². The van der Waals surface area contributed by atoms with E-state index in [1.54, 1.807) is 0 Å². The summed E-state index contributed by atoms with van der Waals surface area (Å²) in [6, 6.07) is 89.1. The van der Waals surface area contributed by atoms with Crippen molar-refractivity contribution in [3.63, 3.8) is 0 Å². The predicted octanol–water partition coefficient (Wildman–Crippen LogP) is 20.4. The minimum Gasteiger partial charge on any atom is -0.310 e. The van der Waals surface area contributed by atoms with Crippen LogP contribution in [-0.4, -0.2) is 15.8 Å². The van der Waals surface area contributed by atoms with Crippen molar-refractivity contribution in [1.82, 2.24) is 9.13 Å². The Morgan fingerprint density at radius 2 is 0.709 bits per heavy atom. The zero-order valence-electron chi connectivity index (χ0n) is 51.9. The molecule has 420 valence electrons. The molecule has 0 radical (unpaired) electrons. The number of nitrogens with zero attached hydrogens (tertiary/aromatic N) is 3. The summed E-state index contributed by atoms with van der Waals surface area (Å²) in [4.78, 5) is 2.71. The first-order chi connectivity index (χ1) is 41.2. The number of aromatic nitrogens is 2. The lowest BCUT2D eigenvalue weighted by Crippen LogP contribution is -2.60. The summed E-state index contributed by atoms with van der Waals surface area (Å²) in [5.74, 6) is 0. The van der Waals surface area contributed by atoms with E-state index in [9.17, 15) is 0 Å². The third-order valence-electron chi connectivity index (χ3n) is 19.0. The fourth-order valence-electron chi connectivity index (χ4n) is 14.3. The largest absolute Gasteiger partial charge is 0.310 e. The molecule has 2 aliphatic rings. The van der Waals surface area contributed by atoms with E-state index < -0.39 is 0 Å². The van der Waals surface area contributed by atoms with E-state index in [4.69, 9.17) is 0 Å². The highest BCUT2D eigenvalue weighted by molar-refractivity contribution is 7.00. The molecular formula is C82H74BN3. The lowest BCUT2D eigenvalue weighted by atomic mass is 9.33. The van der Waals surface area contributed by atoms with E-state index in [0.717, 1.165) is 11.4 Å². The molecule has 4 heterocycles. The first-order valence-electron chi connectivity index (χ1n) is 30.9. The quantitative estimate of drug-likeness (QED) is 0.160. The van der Waals surface area contributed by atoms with Crippen molar-refractivity contribution in [1.29, 1.82) is 0 Å². The molecule has 0 bridgehead atoms. The van der Waals surface area contributed by atoms with E-state index in [1.807, 2.05) is 0 Å². The average Bonchev–Trinajstić information content (AvgIpc) is 0.887. The molecule has 3 nitrogen and oxygen atoms in total. The summed E-state index contributed by atoms with van der Waals surface area (Å²) >= 11 is 0. The van der Waals surface area contributed by atoms with Gasteiger partial charge in [0.15, 0.2) is 0 Å². The van der Waals surface area contributed by atoms with Gasteiger partial charge in [-0.05, 0) is 148 Å². The molecule has 0 fully saturated rings. The van der Waals surface area contributed by atoms with Crippen LogP contribution in [0.4, 0.5) is 17.1 Å². The number of rotatable bonds is 4. The van der Waals surface area contributed by atoms with Gasteiger partial charge in [-0.1, -0.05) is 259 Å². The molecule has 13 aromatic rings. The van der Waals surface area contributed by atoms with Crippen LogP contribution in [0.2, 0.25) is 0 Å². The van der Waals surface area contributed by atoms with Gasteiger partial charge in [0.2, 0.25) is 0 Å². The van der Waals surface area contributed by atoms with Gasteiger partial charge in [0.1, 0.15) is 0 Å². The van der Waals surface area contributed by atoms with Crippen LogP contribution in [-0.2, 0) is 21.7 Å². The second kappa shape index (κ2) is 19.2. The Hall–Kier alpha value is -9.12. The lowest BCUT2D eigenvalue weighted by Gasteiger charge is -2.42. The first-order valence-corrected chi connectivity index (χ1v) is 30.9. The maximum Gasteiger partial charge on any atom is 0.252 e. The summed E-state index contributed by atoms with van der Waals surface area (Å²) in [5.41, 5.74) is 24.1. The molecule has 2 aromatic heterocycles. The van der Waals surface area contributed by atoms with Crippen LogP contribution in [0.15, 0.2) is 231 Å². The Bertz CT molecular complexity index is 4900. The van der Waals surface area contributed by atoms with Crippen LogP contribution in [0.3, 0.4) is 0 Å². The predicted molar refractivity (Wildman–Crippen MR) is 373 cm³/mol. The summed E-state index contributed by atoms with van der Waals surface area (Å²) in [7, 11) is 0. The molecule has 0 unspecified atom stereocenters. The first kappa shape index (κ1) is 53.6. The van der Waals surface area contributed by atoms with E-state index in [0.29, 0.717) is 0 Å². The van der Waals surface area contributed by atoms with Gasteiger partial charge < -0.3 is 14.0 Å². The highest BCUT2D eigenvalue weighted by Gasteiger charge is 2.43. The summed E-state index contributed by atoms with van der Waals surface area (Å²) in [6.07, 6.45) is 0. The number of hydrogen-bond donors (Lipinski definition) is 0. The summed E-state index contributed by atoms with van der Waals surface area (Å²) < 4.78 is 5.27. The third-order valence-corrected chi connectivity index (χ3v) is 19.0. The van der Waals surface area contributed by atoms with Crippen molar-refractivity contribution in [2.75, 3.05) is 4.90 Å². The van der Waals surface area contributed by atoms with Crippen molar-refractivity contribution in [3.05, 3.63) is 253 Å². The van der Waals surface area contributed by atoms with Crippen LogP contribution in [0.5, 0.6) is 0 Å². The molecular weight excluding hydrogens is 1040 g/mol. The molecule has 0 atom stereocenters. The van der Waals surface area contributed by atoms with Crippen molar-refractivity contribution >= 4 is 105 Å².